The van der Waals surface area contributed by atoms with E-state index in [0.717, 1.165) is 16.4 Å². The Balaban J connectivity index is 2.13. The minimum Gasteiger partial charge on any atom is -0.251 e. The second kappa shape index (κ2) is 7.35. The Hall–Kier alpha value is -1.27. The van der Waals surface area contributed by atoms with Crippen LogP contribution in [-0.4, -0.2) is 19.0 Å². The lowest BCUT2D eigenvalue weighted by Gasteiger charge is -2.11. The Bertz CT molecular complexity index is 499. The van der Waals surface area contributed by atoms with Gasteiger partial charge in [-0.05, 0) is 16.4 Å². The number of hydrogen-bond donors (Lipinski definition) is 0. The molecule has 0 radical (unpaired) electrons. The second-order valence-corrected chi connectivity index (χ2v) is 5.67. The molecule has 0 aliphatic rings. The average Bonchev–Trinajstić information content (AvgIpc) is 2.47. The van der Waals surface area contributed by atoms with Crippen LogP contribution in [0.2, 0.25) is 0 Å². The Kier molecular flexibility index (Phi) is 5.47. The van der Waals surface area contributed by atoms with E-state index in [4.69, 9.17) is 0 Å². The van der Waals surface area contributed by atoms with Gasteiger partial charge in [0.05, 0.1) is 6.67 Å². The first kappa shape index (κ1) is 14.1. The Morgan fingerprint density at radius 2 is 1.63 bits per heavy atom. The third-order valence-electron chi connectivity index (χ3n) is 2.95. The van der Waals surface area contributed by atoms with Gasteiger partial charge in [-0.1, -0.05) is 63.2 Å². The van der Waals surface area contributed by atoms with Crippen LogP contribution in [0.15, 0.2) is 54.6 Å². The molecular weight excluding hydrogens is 261 g/mol. The first-order valence-electron chi connectivity index (χ1n) is 6.39. The monoisotopic (exact) mass is 278 g/mol. The predicted octanol–water partition coefficient (Wildman–Crippen LogP) is 4.36. The fourth-order valence-corrected chi connectivity index (χ4v) is 3.23. The van der Waals surface area contributed by atoms with E-state index in [9.17, 15) is 8.78 Å². The third kappa shape index (κ3) is 4.11. The van der Waals surface area contributed by atoms with Crippen molar-refractivity contribution in [1.82, 2.24) is 0 Å². The van der Waals surface area contributed by atoms with Crippen molar-refractivity contribution in [1.29, 1.82) is 0 Å². The van der Waals surface area contributed by atoms with Gasteiger partial charge in [0.15, 0.2) is 0 Å². The molecule has 0 saturated carbocycles. The maximum Gasteiger partial charge on any atom is 0.107 e. The van der Waals surface area contributed by atoms with E-state index in [1.165, 1.54) is 0 Å². The first-order valence-corrected chi connectivity index (χ1v) is 7.60. The van der Waals surface area contributed by atoms with Crippen molar-refractivity contribution in [2.24, 2.45) is 0 Å². The second-order valence-electron chi connectivity index (χ2n) is 4.37. The van der Waals surface area contributed by atoms with Crippen LogP contribution in [0, 0.1) is 0 Å². The van der Waals surface area contributed by atoms with E-state index in [2.05, 4.69) is 18.2 Å². The summed E-state index contributed by atoms with van der Waals surface area (Å²) in [7, 11) is 0.377. The number of hydrogen-bond acceptors (Lipinski definition) is 0. The Morgan fingerprint density at radius 3 is 2.37 bits per heavy atom. The molecule has 0 aliphatic carbocycles. The zero-order valence-corrected chi connectivity index (χ0v) is 11.7. The van der Waals surface area contributed by atoms with E-state index >= 15 is 0 Å². The summed E-state index contributed by atoms with van der Waals surface area (Å²) in [4.78, 5) is 0. The van der Waals surface area contributed by atoms with Crippen LogP contribution >= 0.6 is 8.58 Å². The Labute approximate surface area is 114 Å². The molecule has 0 aliphatic heterocycles. The summed E-state index contributed by atoms with van der Waals surface area (Å²) in [5.74, 6) is 0. The number of rotatable bonds is 6. The number of alkyl halides is 2. The molecule has 0 N–H and O–H groups in total. The highest BCUT2D eigenvalue weighted by atomic mass is 31.1. The lowest BCUT2D eigenvalue weighted by Crippen LogP contribution is -2.08. The zero-order chi connectivity index (χ0) is 13.5. The van der Waals surface area contributed by atoms with Crippen LogP contribution in [-0.2, 0) is 0 Å². The molecule has 0 heterocycles. The minimum atomic E-state index is -1.04. The summed E-state index contributed by atoms with van der Waals surface area (Å²) in [6, 6.07) is 18.1. The molecule has 100 valence electrons. The van der Waals surface area contributed by atoms with Gasteiger partial charge in [-0.2, -0.15) is 0 Å². The molecule has 2 aromatic carbocycles. The van der Waals surface area contributed by atoms with Gasteiger partial charge in [0.1, 0.15) is 6.17 Å². The van der Waals surface area contributed by atoms with Crippen molar-refractivity contribution in [2.45, 2.75) is 12.6 Å². The molecular formula is C16H17F2P. The van der Waals surface area contributed by atoms with Crippen LogP contribution in [0.5, 0.6) is 0 Å². The largest absolute Gasteiger partial charge is 0.251 e. The van der Waals surface area contributed by atoms with Gasteiger partial charge in [-0.15, -0.1) is 0 Å². The maximum absolute atomic E-state index is 13.4. The van der Waals surface area contributed by atoms with Gasteiger partial charge in [0.2, 0.25) is 0 Å². The van der Waals surface area contributed by atoms with E-state index in [0.29, 0.717) is 14.7 Å². The molecule has 3 heteroatoms. The van der Waals surface area contributed by atoms with Gasteiger partial charge in [0, 0.05) is 12.6 Å². The highest BCUT2D eigenvalue weighted by Crippen LogP contribution is 2.24. The maximum atomic E-state index is 13.4. The van der Waals surface area contributed by atoms with Crippen molar-refractivity contribution in [3.63, 3.8) is 0 Å². The minimum absolute atomic E-state index is 0.0144. The van der Waals surface area contributed by atoms with Crippen LogP contribution < -0.4 is 5.30 Å². The third-order valence-corrected chi connectivity index (χ3v) is 4.41. The SMILES string of the molecule is FCCC(F)CPc1ccccc1-c1ccccc1. The molecule has 2 rings (SSSR count). The van der Waals surface area contributed by atoms with Crippen molar-refractivity contribution in [3.8, 4) is 11.1 Å². The molecule has 2 atom stereocenters. The fourth-order valence-electron chi connectivity index (χ4n) is 1.95. The lowest BCUT2D eigenvalue weighted by atomic mass is 10.1. The van der Waals surface area contributed by atoms with Crippen LogP contribution in [0.3, 0.4) is 0 Å². The molecule has 0 bridgehead atoms. The standard InChI is InChI=1S/C16H17F2P/c17-11-10-14(18)12-19-16-9-5-4-8-15(16)13-6-2-1-3-7-13/h1-9,14,19H,10-12H2. The van der Waals surface area contributed by atoms with Crippen molar-refractivity contribution < 1.29 is 8.78 Å². The van der Waals surface area contributed by atoms with E-state index < -0.39 is 12.8 Å². The van der Waals surface area contributed by atoms with Crippen molar-refractivity contribution in [2.75, 3.05) is 12.8 Å². The average molecular weight is 278 g/mol. The van der Waals surface area contributed by atoms with Gasteiger partial charge in [0.25, 0.3) is 0 Å². The molecule has 2 aromatic rings. The molecule has 0 saturated heterocycles. The van der Waals surface area contributed by atoms with E-state index in [-0.39, 0.29) is 6.42 Å². The first-order chi connectivity index (χ1) is 9.31. The predicted molar refractivity (Wildman–Crippen MR) is 80.2 cm³/mol. The molecule has 0 spiro atoms. The van der Waals surface area contributed by atoms with Crippen LogP contribution in [0.1, 0.15) is 6.42 Å². The molecule has 0 aromatic heterocycles. The quantitative estimate of drug-likeness (QED) is 0.689. The molecule has 2 unspecified atom stereocenters. The summed E-state index contributed by atoms with van der Waals surface area (Å²) >= 11 is 0. The molecule has 0 fully saturated rings. The van der Waals surface area contributed by atoms with E-state index in [1.807, 2.05) is 36.4 Å². The topological polar surface area (TPSA) is 0 Å². The fraction of sp³-hybridized carbons (Fsp3) is 0.250. The van der Waals surface area contributed by atoms with Gasteiger partial charge in [-0.3, -0.25) is 4.39 Å². The molecule has 19 heavy (non-hydrogen) atoms. The summed E-state index contributed by atoms with van der Waals surface area (Å²) < 4.78 is 25.5. The van der Waals surface area contributed by atoms with Crippen LogP contribution in [0.4, 0.5) is 8.78 Å². The molecule has 0 nitrogen and oxygen atoms in total. The van der Waals surface area contributed by atoms with Gasteiger partial charge < -0.3 is 0 Å². The summed E-state index contributed by atoms with van der Waals surface area (Å²) in [6.45, 7) is -0.577. The summed E-state index contributed by atoms with van der Waals surface area (Å²) in [5.41, 5.74) is 2.29. The number of benzene rings is 2. The number of halogens is 2. The van der Waals surface area contributed by atoms with Crippen molar-refractivity contribution in [3.05, 3.63) is 54.6 Å². The smallest absolute Gasteiger partial charge is 0.107 e. The summed E-state index contributed by atoms with van der Waals surface area (Å²) in [6.07, 6.45) is -0.610. The highest BCUT2D eigenvalue weighted by Gasteiger charge is 2.09. The zero-order valence-electron chi connectivity index (χ0n) is 10.7. The summed E-state index contributed by atoms with van der Waals surface area (Å²) in [5, 5.41) is 1.15. The lowest BCUT2D eigenvalue weighted by molar-refractivity contribution is 0.309. The normalized spacial score (nSPS) is 12.9. The van der Waals surface area contributed by atoms with Crippen LogP contribution in [0.25, 0.3) is 11.1 Å². The van der Waals surface area contributed by atoms with Gasteiger partial charge in [-0.25, -0.2) is 4.39 Å². The van der Waals surface area contributed by atoms with Crippen molar-refractivity contribution >= 4 is 13.9 Å². The Morgan fingerprint density at radius 1 is 0.947 bits per heavy atom. The van der Waals surface area contributed by atoms with E-state index in [1.54, 1.807) is 0 Å². The highest BCUT2D eigenvalue weighted by molar-refractivity contribution is 7.47. The van der Waals surface area contributed by atoms with Gasteiger partial charge >= 0.3 is 0 Å². The molecule has 0 amide bonds.